The summed E-state index contributed by atoms with van der Waals surface area (Å²) in [5.74, 6) is -0.436. The first kappa shape index (κ1) is 20.3. The molecule has 2 aromatic carbocycles. The summed E-state index contributed by atoms with van der Waals surface area (Å²) >= 11 is 6.22. The van der Waals surface area contributed by atoms with Crippen molar-refractivity contribution in [3.8, 4) is 0 Å². The topological polar surface area (TPSA) is 74.6 Å². The Hall–Kier alpha value is -3.44. The number of ketones is 1. The minimum Gasteiger partial charge on any atom is -0.506 e. The molecule has 0 bridgehead atoms. The lowest BCUT2D eigenvalue weighted by Crippen LogP contribution is -2.21. The van der Waals surface area contributed by atoms with Crippen molar-refractivity contribution in [2.24, 2.45) is 4.99 Å². The Kier molecular flexibility index (Phi) is 6.42. The van der Waals surface area contributed by atoms with Crippen LogP contribution in [0.5, 0.6) is 0 Å². The summed E-state index contributed by atoms with van der Waals surface area (Å²) in [7, 11) is 0. The van der Waals surface area contributed by atoms with Gasteiger partial charge in [0, 0.05) is 11.4 Å². The number of carbonyl (C=O) groups is 1. The van der Waals surface area contributed by atoms with Gasteiger partial charge >= 0.3 is 0 Å². The maximum Gasteiger partial charge on any atom is 0.167 e. The first-order valence-corrected chi connectivity index (χ1v) is 9.37. The van der Waals surface area contributed by atoms with E-state index in [0.717, 1.165) is 5.69 Å². The molecule has 0 atom stereocenters. The van der Waals surface area contributed by atoms with Crippen molar-refractivity contribution < 1.29 is 9.90 Å². The van der Waals surface area contributed by atoms with Crippen LogP contribution >= 0.6 is 11.6 Å². The van der Waals surface area contributed by atoms with Crippen LogP contribution in [0.25, 0.3) is 5.76 Å². The lowest BCUT2D eigenvalue weighted by Gasteiger charge is -2.15. The Morgan fingerprint density at radius 1 is 1.00 bits per heavy atom. The third-order valence-corrected chi connectivity index (χ3v) is 4.39. The molecule has 1 heterocycles. The van der Waals surface area contributed by atoms with Crippen molar-refractivity contribution in [3.05, 3.63) is 94.8 Å². The van der Waals surface area contributed by atoms with Crippen LogP contribution in [0.3, 0.4) is 0 Å². The Balaban J connectivity index is 2.18. The maximum absolute atomic E-state index is 12.6. The molecule has 1 aromatic heterocycles. The van der Waals surface area contributed by atoms with E-state index in [2.05, 4.69) is 15.3 Å². The summed E-state index contributed by atoms with van der Waals surface area (Å²) < 4.78 is 0. The SMILES string of the molecule is CC(=O)/C(C(=Nc1ccccc1)Nc1ccccc1)=C(/O)c1ccc(C)nc1Cl. The molecule has 0 spiro atoms. The molecule has 0 aliphatic carbocycles. The average molecular weight is 406 g/mol. The van der Waals surface area contributed by atoms with Crippen molar-refractivity contribution in [2.75, 3.05) is 5.32 Å². The zero-order chi connectivity index (χ0) is 20.8. The van der Waals surface area contributed by atoms with Crippen LogP contribution in [0.1, 0.15) is 18.2 Å². The van der Waals surface area contributed by atoms with Gasteiger partial charge in [-0.2, -0.15) is 0 Å². The van der Waals surface area contributed by atoms with Crippen molar-refractivity contribution in [3.63, 3.8) is 0 Å². The van der Waals surface area contributed by atoms with Crippen LogP contribution in [-0.2, 0) is 4.79 Å². The van der Waals surface area contributed by atoms with E-state index in [0.29, 0.717) is 11.4 Å². The van der Waals surface area contributed by atoms with Crippen molar-refractivity contribution in [1.29, 1.82) is 0 Å². The predicted molar refractivity (Wildman–Crippen MR) is 118 cm³/mol. The van der Waals surface area contributed by atoms with Crippen LogP contribution in [0, 0.1) is 6.92 Å². The molecule has 0 radical (unpaired) electrons. The number of aliphatic imine (C=N–C) groups is 1. The number of Topliss-reactive ketones (excluding diaryl/α,β-unsaturated/α-hetero) is 1. The normalized spacial score (nSPS) is 12.3. The Morgan fingerprint density at radius 3 is 2.21 bits per heavy atom. The molecule has 0 saturated carbocycles. The van der Waals surface area contributed by atoms with Gasteiger partial charge in [-0.1, -0.05) is 48.0 Å². The molecular weight excluding hydrogens is 386 g/mol. The highest BCUT2D eigenvalue weighted by atomic mass is 35.5. The number of hydrogen-bond donors (Lipinski definition) is 2. The number of rotatable bonds is 5. The second-order valence-corrected chi connectivity index (χ2v) is 6.72. The smallest absolute Gasteiger partial charge is 0.167 e. The summed E-state index contributed by atoms with van der Waals surface area (Å²) in [6.07, 6.45) is 0. The summed E-state index contributed by atoms with van der Waals surface area (Å²) in [6.45, 7) is 3.16. The van der Waals surface area contributed by atoms with Gasteiger partial charge in [-0.05, 0) is 50.2 Å². The van der Waals surface area contributed by atoms with E-state index < -0.39 is 0 Å². The molecule has 2 N–H and O–H groups in total. The highest BCUT2D eigenvalue weighted by Crippen LogP contribution is 2.26. The van der Waals surface area contributed by atoms with E-state index in [-0.39, 0.29) is 33.7 Å². The number of nitrogens with one attached hydrogen (secondary N) is 1. The maximum atomic E-state index is 12.6. The predicted octanol–water partition coefficient (Wildman–Crippen LogP) is 5.74. The molecule has 3 rings (SSSR count). The van der Waals surface area contributed by atoms with Gasteiger partial charge in [0.15, 0.2) is 5.78 Å². The molecule has 3 aromatic rings. The van der Waals surface area contributed by atoms with Crippen molar-refractivity contribution in [1.82, 2.24) is 4.98 Å². The number of benzene rings is 2. The molecule has 0 aliphatic rings. The fourth-order valence-corrected chi connectivity index (χ4v) is 3.00. The number of anilines is 1. The fraction of sp³-hybridized carbons (Fsp3) is 0.0870. The average Bonchev–Trinajstić information content (AvgIpc) is 2.69. The number of aryl methyl sites for hydroxylation is 1. The number of carbonyl (C=O) groups excluding carboxylic acids is 1. The van der Waals surface area contributed by atoms with Crippen LogP contribution < -0.4 is 5.32 Å². The Bertz CT molecular complexity index is 1080. The minimum absolute atomic E-state index is 0.0188. The number of aromatic nitrogens is 1. The van der Waals surface area contributed by atoms with E-state index in [1.165, 1.54) is 6.92 Å². The number of amidine groups is 1. The van der Waals surface area contributed by atoms with Gasteiger partial charge in [0.05, 0.1) is 11.3 Å². The number of hydrogen-bond acceptors (Lipinski definition) is 4. The lowest BCUT2D eigenvalue weighted by molar-refractivity contribution is -0.113. The zero-order valence-electron chi connectivity index (χ0n) is 16.1. The molecule has 5 nitrogen and oxygen atoms in total. The quantitative estimate of drug-likeness (QED) is 0.186. The van der Waals surface area contributed by atoms with Gasteiger partial charge in [0.25, 0.3) is 0 Å². The molecule has 146 valence electrons. The molecule has 0 unspecified atom stereocenters. The van der Waals surface area contributed by atoms with Crippen LogP contribution in [0.4, 0.5) is 11.4 Å². The lowest BCUT2D eigenvalue weighted by atomic mass is 10.0. The largest absolute Gasteiger partial charge is 0.506 e. The second kappa shape index (κ2) is 9.17. The highest BCUT2D eigenvalue weighted by Gasteiger charge is 2.22. The zero-order valence-corrected chi connectivity index (χ0v) is 16.8. The summed E-state index contributed by atoms with van der Waals surface area (Å²) in [5, 5.41) is 14.2. The van der Waals surface area contributed by atoms with Gasteiger partial charge in [0.1, 0.15) is 22.3 Å². The number of halogens is 1. The number of pyridine rings is 1. The molecular formula is C23H20ClN3O2. The van der Waals surface area contributed by atoms with Gasteiger partial charge in [-0.25, -0.2) is 9.98 Å². The third kappa shape index (κ3) is 5.09. The summed E-state index contributed by atoms with van der Waals surface area (Å²) in [5.41, 5.74) is 2.34. The summed E-state index contributed by atoms with van der Waals surface area (Å²) in [4.78, 5) is 21.3. The standard InChI is InChI=1S/C23H20ClN3O2/c1-15-13-14-19(22(24)25-15)21(29)20(16(2)28)23(26-17-9-5-3-6-10-17)27-18-11-7-4-8-12-18/h3-14,29H,1-2H3,(H,26,27)/b21-20-. The Morgan fingerprint density at radius 2 is 1.62 bits per heavy atom. The first-order valence-electron chi connectivity index (χ1n) is 8.99. The molecule has 6 heteroatoms. The van der Waals surface area contributed by atoms with E-state index in [1.54, 1.807) is 19.1 Å². The fourth-order valence-electron chi connectivity index (χ4n) is 2.72. The van der Waals surface area contributed by atoms with Crippen LogP contribution in [0.15, 0.2) is 83.4 Å². The molecule has 0 amide bonds. The Labute approximate surface area is 174 Å². The van der Waals surface area contributed by atoms with Gasteiger partial charge in [0.2, 0.25) is 0 Å². The van der Waals surface area contributed by atoms with Crippen LogP contribution in [-0.4, -0.2) is 21.7 Å². The molecule has 29 heavy (non-hydrogen) atoms. The van der Waals surface area contributed by atoms with Gasteiger partial charge in [-0.15, -0.1) is 0 Å². The number of aliphatic hydroxyl groups is 1. The van der Waals surface area contributed by atoms with E-state index in [1.807, 2.05) is 60.7 Å². The van der Waals surface area contributed by atoms with Gasteiger partial charge in [-0.3, -0.25) is 4.79 Å². The highest BCUT2D eigenvalue weighted by molar-refractivity contribution is 6.33. The monoisotopic (exact) mass is 405 g/mol. The number of para-hydroxylation sites is 2. The third-order valence-electron chi connectivity index (χ3n) is 4.10. The van der Waals surface area contributed by atoms with E-state index in [4.69, 9.17) is 11.6 Å². The number of nitrogens with zero attached hydrogens (tertiary/aromatic N) is 2. The van der Waals surface area contributed by atoms with Crippen molar-refractivity contribution >= 4 is 40.4 Å². The van der Waals surface area contributed by atoms with Crippen molar-refractivity contribution in [2.45, 2.75) is 13.8 Å². The molecule has 0 fully saturated rings. The number of aliphatic hydroxyl groups excluding tert-OH is 1. The molecule has 0 saturated heterocycles. The van der Waals surface area contributed by atoms with E-state index in [9.17, 15) is 9.90 Å². The first-order chi connectivity index (χ1) is 14.0. The molecule has 0 aliphatic heterocycles. The summed E-state index contributed by atoms with van der Waals surface area (Å²) in [6, 6.07) is 21.8. The van der Waals surface area contributed by atoms with Crippen LogP contribution in [0.2, 0.25) is 5.15 Å². The van der Waals surface area contributed by atoms with Gasteiger partial charge < -0.3 is 10.4 Å². The van der Waals surface area contributed by atoms with E-state index >= 15 is 0 Å². The second-order valence-electron chi connectivity index (χ2n) is 6.36. The minimum atomic E-state index is -0.364.